The van der Waals surface area contributed by atoms with E-state index in [-0.39, 0.29) is 12.6 Å². The van der Waals surface area contributed by atoms with Crippen LogP contribution in [0.5, 0.6) is 5.75 Å². The van der Waals surface area contributed by atoms with Gasteiger partial charge in [0.15, 0.2) is 0 Å². The number of hydrogen-bond acceptors (Lipinski definition) is 4. The Kier molecular flexibility index (Phi) is 7.23. The maximum Gasteiger partial charge on any atom is 0.308 e. The summed E-state index contributed by atoms with van der Waals surface area (Å²) in [4.78, 5) is 10.4. The minimum atomic E-state index is -0.560. The number of aliphatic hydroxyl groups excluding tert-OH is 2. The Balaban J connectivity index is 0.000000336. The van der Waals surface area contributed by atoms with E-state index in [9.17, 15) is 4.79 Å². The molecule has 0 spiro atoms. The molecule has 0 fully saturated rings. The molecule has 1 unspecified atom stereocenters. The second-order valence-corrected chi connectivity index (χ2v) is 2.94. The van der Waals surface area contributed by atoms with Crippen molar-refractivity contribution in [2.24, 2.45) is 0 Å². The van der Waals surface area contributed by atoms with Gasteiger partial charge in [-0.05, 0) is 19.1 Å². The Morgan fingerprint density at radius 1 is 1.40 bits per heavy atom. The van der Waals surface area contributed by atoms with Gasteiger partial charge in [0.1, 0.15) is 5.75 Å². The van der Waals surface area contributed by atoms with E-state index in [4.69, 9.17) is 14.9 Å². The predicted molar refractivity (Wildman–Crippen MR) is 56.5 cm³/mol. The van der Waals surface area contributed by atoms with Crippen LogP contribution in [0.3, 0.4) is 0 Å². The Bertz CT molecular complexity index is 269. The van der Waals surface area contributed by atoms with Crippen molar-refractivity contribution in [3.63, 3.8) is 0 Å². The van der Waals surface area contributed by atoms with Crippen molar-refractivity contribution < 1.29 is 19.7 Å². The second kappa shape index (κ2) is 7.96. The van der Waals surface area contributed by atoms with Gasteiger partial charge in [-0.2, -0.15) is 0 Å². The summed E-state index contributed by atoms with van der Waals surface area (Å²) in [5.41, 5.74) is 0. The van der Waals surface area contributed by atoms with Crippen LogP contribution < -0.4 is 4.74 Å². The van der Waals surface area contributed by atoms with Crippen molar-refractivity contribution in [1.82, 2.24) is 0 Å². The number of aliphatic hydroxyl groups is 2. The molecule has 1 aromatic carbocycles. The van der Waals surface area contributed by atoms with Crippen LogP contribution in [0.25, 0.3) is 0 Å². The maximum atomic E-state index is 10.4. The fourth-order valence-electron chi connectivity index (χ4n) is 0.655. The number of ether oxygens (including phenoxy) is 1. The third-order valence-electron chi connectivity index (χ3n) is 1.27. The molecule has 0 aliphatic heterocycles. The maximum absolute atomic E-state index is 10.4. The summed E-state index contributed by atoms with van der Waals surface area (Å²) >= 11 is 0. The summed E-state index contributed by atoms with van der Waals surface area (Å²) in [6.45, 7) is 2.77. The Hall–Kier alpha value is -1.39. The lowest BCUT2D eigenvalue weighted by atomic mass is 10.3. The molecule has 0 aliphatic rings. The number of rotatable bonds is 2. The van der Waals surface area contributed by atoms with E-state index in [1.54, 1.807) is 12.1 Å². The van der Waals surface area contributed by atoms with Crippen molar-refractivity contribution in [2.75, 3.05) is 6.61 Å². The van der Waals surface area contributed by atoms with Crippen LogP contribution in [0.1, 0.15) is 13.8 Å². The van der Waals surface area contributed by atoms with E-state index in [1.165, 1.54) is 13.8 Å². The van der Waals surface area contributed by atoms with Gasteiger partial charge in [-0.25, -0.2) is 0 Å². The molecule has 0 aromatic heterocycles. The summed E-state index contributed by atoms with van der Waals surface area (Å²) in [5, 5.41) is 16.0. The molecule has 0 saturated carbocycles. The first-order valence-electron chi connectivity index (χ1n) is 4.58. The molecule has 84 valence electrons. The molecule has 0 bridgehead atoms. The molecule has 4 heteroatoms. The highest BCUT2D eigenvalue weighted by molar-refractivity contribution is 5.69. The molecule has 0 heterocycles. The van der Waals surface area contributed by atoms with Gasteiger partial charge in [-0.15, -0.1) is 0 Å². The number of carbonyl (C=O) groups is 1. The van der Waals surface area contributed by atoms with Crippen molar-refractivity contribution in [1.29, 1.82) is 0 Å². The van der Waals surface area contributed by atoms with Gasteiger partial charge in [-0.1, -0.05) is 18.2 Å². The highest BCUT2D eigenvalue weighted by Crippen LogP contribution is 2.07. The molecule has 1 atom stereocenters. The fourth-order valence-corrected chi connectivity index (χ4v) is 0.655. The second-order valence-electron chi connectivity index (χ2n) is 2.94. The van der Waals surface area contributed by atoms with Crippen LogP contribution in [0.15, 0.2) is 30.3 Å². The van der Waals surface area contributed by atoms with E-state index < -0.39 is 6.10 Å². The number of para-hydroxylation sites is 1. The summed E-state index contributed by atoms with van der Waals surface area (Å²) < 4.78 is 4.78. The van der Waals surface area contributed by atoms with Crippen molar-refractivity contribution >= 4 is 5.97 Å². The summed E-state index contributed by atoms with van der Waals surface area (Å²) in [7, 11) is 0. The van der Waals surface area contributed by atoms with Crippen LogP contribution in [0.2, 0.25) is 0 Å². The zero-order chi connectivity index (χ0) is 11.7. The zero-order valence-corrected chi connectivity index (χ0v) is 8.88. The van der Waals surface area contributed by atoms with Gasteiger partial charge in [0.05, 0.1) is 12.7 Å². The van der Waals surface area contributed by atoms with Gasteiger partial charge in [0.25, 0.3) is 0 Å². The molecule has 0 aliphatic carbocycles. The molecule has 0 amide bonds. The number of esters is 1. The molecule has 0 saturated heterocycles. The Labute approximate surface area is 89.1 Å². The monoisotopic (exact) mass is 212 g/mol. The summed E-state index contributed by atoms with van der Waals surface area (Å²) in [6, 6.07) is 8.98. The number of carbonyl (C=O) groups excluding carboxylic acids is 1. The number of hydrogen-bond donors (Lipinski definition) is 2. The van der Waals surface area contributed by atoms with E-state index in [1.807, 2.05) is 18.2 Å². The smallest absolute Gasteiger partial charge is 0.308 e. The quantitative estimate of drug-likeness (QED) is 0.566. The highest BCUT2D eigenvalue weighted by Gasteiger charge is 1.92. The molecule has 4 nitrogen and oxygen atoms in total. The summed E-state index contributed by atoms with van der Waals surface area (Å²) in [5.74, 6) is 0.307. The normalized spacial score (nSPS) is 10.9. The van der Waals surface area contributed by atoms with Crippen LogP contribution in [-0.2, 0) is 4.79 Å². The third-order valence-corrected chi connectivity index (χ3v) is 1.27. The first kappa shape index (κ1) is 13.6. The van der Waals surface area contributed by atoms with E-state index in [0.717, 1.165) is 0 Å². The van der Waals surface area contributed by atoms with Gasteiger partial charge >= 0.3 is 5.97 Å². The number of benzene rings is 1. The van der Waals surface area contributed by atoms with E-state index in [2.05, 4.69) is 0 Å². The van der Waals surface area contributed by atoms with Gasteiger partial charge in [0.2, 0.25) is 0 Å². The molecule has 1 aromatic rings. The lowest BCUT2D eigenvalue weighted by molar-refractivity contribution is -0.131. The molecular weight excluding hydrogens is 196 g/mol. The lowest BCUT2D eigenvalue weighted by Crippen LogP contribution is -2.03. The average Bonchev–Trinajstić information content (AvgIpc) is 2.19. The predicted octanol–water partition coefficient (Wildman–Crippen LogP) is 0.971. The van der Waals surface area contributed by atoms with Crippen molar-refractivity contribution in [3.05, 3.63) is 30.3 Å². The van der Waals surface area contributed by atoms with Gasteiger partial charge in [-0.3, -0.25) is 4.79 Å². The van der Waals surface area contributed by atoms with E-state index in [0.29, 0.717) is 5.75 Å². The Morgan fingerprint density at radius 3 is 2.20 bits per heavy atom. The molecule has 0 radical (unpaired) electrons. The first-order valence-corrected chi connectivity index (χ1v) is 4.58. The van der Waals surface area contributed by atoms with E-state index >= 15 is 0 Å². The third kappa shape index (κ3) is 8.93. The topological polar surface area (TPSA) is 66.8 Å². The summed E-state index contributed by atoms with van der Waals surface area (Å²) in [6.07, 6.45) is -0.560. The lowest BCUT2D eigenvalue weighted by Gasteiger charge is -1.97. The van der Waals surface area contributed by atoms with Gasteiger partial charge in [0, 0.05) is 6.92 Å². The van der Waals surface area contributed by atoms with Crippen molar-refractivity contribution in [3.8, 4) is 5.75 Å². The zero-order valence-electron chi connectivity index (χ0n) is 8.88. The largest absolute Gasteiger partial charge is 0.427 e. The van der Waals surface area contributed by atoms with Crippen molar-refractivity contribution in [2.45, 2.75) is 20.0 Å². The van der Waals surface area contributed by atoms with Crippen LogP contribution in [0, 0.1) is 0 Å². The van der Waals surface area contributed by atoms with Gasteiger partial charge < -0.3 is 14.9 Å². The van der Waals surface area contributed by atoms with Crippen LogP contribution in [-0.4, -0.2) is 28.9 Å². The highest BCUT2D eigenvalue weighted by atomic mass is 16.5. The molecular formula is C11H16O4. The Morgan fingerprint density at radius 2 is 1.87 bits per heavy atom. The fraction of sp³-hybridized carbons (Fsp3) is 0.364. The van der Waals surface area contributed by atoms with Crippen LogP contribution in [0.4, 0.5) is 0 Å². The van der Waals surface area contributed by atoms with Crippen LogP contribution >= 0.6 is 0 Å². The molecule has 2 N–H and O–H groups in total. The molecule has 1 rings (SSSR count). The first-order chi connectivity index (χ1) is 7.06. The SMILES string of the molecule is CC(=O)Oc1ccccc1.CC(O)CO. The minimum Gasteiger partial charge on any atom is -0.427 e. The minimum absolute atomic E-state index is 0.139. The molecule has 15 heavy (non-hydrogen) atoms. The average molecular weight is 212 g/mol. The standard InChI is InChI=1S/C8H8O2.C3H8O2/c1-7(9)10-8-5-3-2-4-6-8;1-3(5)2-4/h2-6H,1H3;3-5H,2H2,1H3.